The van der Waals surface area contributed by atoms with Gasteiger partial charge in [0.15, 0.2) is 0 Å². The molecular weight excluding hydrogens is 219 g/mol. The second-order valence-corrected chi connectivity index (χ2v) is 3.18. The van der Waals surface area contributed by atoms with Gasteiger partial charge in [0.2, 0.25) is 0 Å². The molecular formula is C10H8F3N3. The molecule has 6 heteroatoms. The summed E-state index contributed by atoms with van der Waals surface area (Å²) < 4.78 is 38.5. The Hall–Kier alpha value is -1.82. The molecule has 0 aliphatic carbocycles. The Balaban J connectivity index is 2.76. The van der Waals surface area contributed by atoms with Crippen LogP contribution in [0, 0.1) is 5.82 Å². The third-order valence-corrected chi connectivity index (χ3v) is 2.19. The summed E-state index contributed by atoms with van der Waals surface area (Å²) in [7, 11) is 0. The molecule has 2 aromatic rings. The van der Waals surface area contributed by atoms with Crippen LogP contribution in [-0.2, 0) is 0 Å². The van der Waals surface area contributed by atoms with Crippen LogP contribution in [0.2, 0.25) is 0 Å². The number of para-hydroxylation sites is 1. The average Bonchev–Trinajstić information content (AvgIpc) is 2.27. The summed E-state index contributed by atoms with van der Waals surface area (Å²) in [6.07, 6.45) is -2.81. The van der Waals surface area contributed by atoms with Gasteiger partial charge in [-0.05, 0) is 12.1 Å². The number of pyridine rings is 1. The molecule has 0 unspecified atom stereocenters. The lowest BCUT2D eigenvalue weighted by atomic mass is 10.1. The van der Waals surface area contributed by atoms with Crippen LogP contribution in [0.1, 0.15) is 12.1 Å². The monoisotopic (exact) mass is 227 g/mol. The minimum atomic E-state index is -2.81. The van der Waals surface area contributed by atoms with Gasteiger partial charge in [0.05, 0.1) is 5.69 Å². The van der Waals surface area contributed by atoms with Crippen LogP contribution in [0.3, 0.4) is 0 Å². The van der Waals surface area contributed by atoms with Crippen LogP contribution in [0.25, 0.3) is 10.9 Å². The number of alkyl halides is 2. The summed E-state index contributed by atoms with van der Waals surface area (Å²) in [5, 5.41) is 0.414. The van der Waals surface area contributed by atoms with Gasteiger partial charge in [-0.2, -0.15) is 0 Å². The zero-order chi connectivity index (χ0) is 11.7. The number of nitrogens with one attached hydrogen (secondary N) is 1. The highest BCUT2D eigenvalue weighted by molar-refractivity contribution is 5.83. The zero-order valence-electron chi connectivity index (χ0n) is 8.05. The second-order valence-electron chi connectivity index (χ2n) is 3.18. The number of nitrogen functional groups attached to an aromatic ring is 1. The van der Waals surface area contributed by atoms with Crippen LogP contribution in [0.15, 0.2) is 24.3 Å². The number of hydrogen-bond donors (Lipinski definition) is 2. The number of nitrogens with zero attached hydrogens (tertiary/aromatic N) is 1. The predicted octanol–water partition coefficient (Wildman–Crippen LogP) is 2.60. The third-order valence-electron chi connectivity index (χ3n) is 2.19. The molecule has 1 aromatic heterocycles. The van der Waals surface area contributed by atoms with E-state index in [1.807, 2.05) is 0 Å². The van der Waals surface area contributed by atoms with E-state index in [0.717, 1.165) is 0 Å². The molecule has 0 spiro atoms. The largest absolute Gasteiger partial charge is 0.322 e. The first-order valence-electron chi connectivity index (χ1n) is 4.47. The van der Waals surface area contributed by atoms with Crippen molar-refractivity contribution in [2.75, 3.05) is 5.43 Å². The van der Waals surface area contributed by atoms with Crippen molar-refractivity contribution in [2.24, 2.45) is 5.84 Å². The van der Waals surface area contributed by atoms with E-state index in [9.17, 15) is 13.2 Å². The molecule has 0 atom stereocenters. The van der Waals surface area contributed by atoms with Gasteiger partial charge in [-0.25, -0.2) is 18.2 Å². The Morgan fingerprint density at radius 1 is 1.31 bits per heavy atom. The first kappa shape index (κ1) is 10.7. The van der Waals surface area contributed by atoms with Crippen LogP contribution >= 0.6 is 0 Å². The van der Waals surface area contributed by atoms with E-state index in [1.165, 1.54) is 18.2 Å². The summed E-state index contributed by atoms with van der Waals surface area (Å²) >= 11 is 0. The molecule has 16 heavy (non-hydrogen) atoms. The van der Waals surface area contributed by atoms with Crippen molar-refractivity contribution in [2.45, 2.75) is 6.43 Å². The Kier molecular flexibility index (Phi) is 2.66. The fourth-order valence-electron chi connectivity index (χ4n) is 1.46. The van der Waals surface area contributed by atoms with Crippen molar-refractivity contribution < 1.29 is 13.2 Å². The van der Waals surface area contributed by atoms with Crippen molar-refractivity contribution >= 4 is 16.6 Å². The Morgan fingerprint density at radius 3 is 2.69 bits per heavy atom. The molecule has 1 heterocycles. The quantitative estimate of drug-likeness (QED) is 0.612. The van der Waals surface area contributed by atoms with E-state index in [-0.39, 0.29) is 11.2 Å². The first-order valence-corrected chi connectivity index (χ1v) is 4.47. The van der Waals surface area contributed by atoms with Crippen molar-refractivity contribution in [1.29, 1.82) is 0 Å². The highest BCUT2D eigenvalue weighted by Crippen LogP contribution is 2.28. The molecule has 0 aliphatic heterocycles. The second kappa shape index (κ2) is 3.97. The van der Waals surface area contributed by atoms with Crippen LogP contribution in [-0.4, -0.2) is 4.98 Å². The molecule has 0 amide bonds. The van der Waals surface area contributed by atoms with E-state index in [1.54, 1.807) is 6.07 Å². The lowest BCUT2D eigenvalue weighted by molar-refractivity contribution is 0.147. The van der Waals surface area contributed by atoms with Gasteiger partial charge in [0, 0.05) is 5.39 Å². The predicted molar refractivity (Wildman–Crippen MR) is 54.5 cm³/mol. The maximum atomic E-state index is 13.3. The number of nitrogens with two attached hydrogens (primary N) is 1. The topological polar surface area (TPSA) is 50.9 Å². The van der Waals surface area contributed by atoms with Gasteiger partial charge in [-0.15, -0.1) is 0 Å². The molecule has 84 valence electrons. The van der Waals surface area contributed by atoms with E-state index < -0.39 is 17.9 Å². The van der Waals surface area contributed by atoms with Crippen molar-refractivity contribution in [1.82, 2.24) is 4.98 Å². The standard InChI is InChI=1S/C10H8F3N3/c11-6-3-1-2-5-4-7(16-14)9(10(12)13)15-8(5)6/h1-4,10,16H,14H2. The van der Waals surface area contributed by atoms with E-state index >= 15 is 0 Å². The Bertz CT molecular complexity index is 528. The third kappa shape index (κ3) is 1.67. The van der Waals surface area contributed by atoms with E-state index in [0.29, 0.717) is 5.39 Å². The maximum Gasteiger partial charge on any atom is 0.282 e. The smallest absolute Gasteiger partial charge is 0.282 e. The van der Waals surface area contributed by atoms with Gasteiger partial charge in [0.1, 0.15) is 17.0 Å². The van der Waals surface area contributed by atoms with Crippen LogP contribution in [0.5, 0.6) is 0 Å². The molecule has 0 saturated heterocycles. The number of rotatable bonds is 2. The van der Waals surface area contributed by atoms with Crippen LogP contribution in [0.4, 0.5) is 18.9 Å². The lowest BCUT2D eigenvalue weighted by Crippen LogP contribution is -2.11. The molecule has 3 nitrogen and oxygen atoms in total. The normalized spacial score (nSPS) is 11.1. The lowest BCUT2D eigenvalue weighted by Gasteiger charge is -2.09. The number of anilines is 1. The van der Waals surface area contributed by atoms with E-state index in [4.69, 9.17) is 5.84 Å². The summed E-state index contributed by atoms with van der Waals surface area (Å²) in [5.41, 5.74) is 1.48. The number of halogens is 3. The minimum Gasteiger partial charge on any atom is -0.322 e. The summed E-state index contributed by atoms with van der Waals surface area (Å²) in [5.74, 6) is 4.46. The van der Waals surface area contributed by atoms with Gasteiger partial charge in [-0.3, -0.25) is 5.84 Å². The maximum absolute atomic E-state index is 13.3. The number of hydrazine groups is 1. The molecule has 1 aromatic carbocycles. The van der Waals surface area contributed by atoms with Crippen molar-refractivity contribution in [3.05, 3.63) is 35.8 Å². The SMILES string of the molecule is NNc1cc2cccc(F)c2nc1C(F)F. The number of benzene rings is 1. The fourth-order valence-corrected chi connectivity index (χ4v) is 1.46. The van der Waals surface area contributed by atoms with Crippen molar-refractivity contribution in [3.63, 3.8) is 0 Å². The Labute approximate surface area is 89.1 Å². The van der Waals surface area contributed by atoms with Gasteiger partial charge >= 0.3 is 0 Å². The summed E-state index contributed by atoms with van der Waals surface area (Å²) in [4.78, 5) is 3.58. The highest BCUT2D eigenvalue weighted by Gasteiger charge is 2.16. The number of aromatic nitrogens is 1. The summed E-state index contributed by atoms with van der Waals surface area (Å²) in [6, 6.07) is 5.55. The van der Waals surface area contributed by atoms with Gasteiger partial charge in [-0.1, -0.05) is 12.1 Å². The molecule has 0 fully saturated rings. The molecule has 0 saturated carbocycles. The minimum absolute atomic E-state index is 0.00639. The number of fused-ring (bicyclic) bond motifs is 1. The Morgan fingerprint density at radius 2 is 2.06 bits per heavy atom. The zero-order valence-corrected chi connectivity index (χ0v) is 8.05. The molecule has 0 radical (unpaired) electrons. The molecule has 2 rings (SSSR count). The molecule has 0 aliphatic rings. The van der Waals surface area contributed by atoms with Gasteiger partial charge < -0.3 is 5.43 Å². The first-order chi connectivity index (χ1) is 7.63. The van der Waals surface area contributed by atoms with E-state index in [2.05, 4.69) is 10.4 Å². The van der Waals surface area contributed by atoms with Gasteiger partial charge in [0.25, 0.3) is 6.43 Å². The fraction of sp³-hybridized carbons (Fsp3) is 0.100. The highest BCUT2D eigenvalue weighted by atomic mass is 19.3. The van der Waals surface area contributed by atoms with Crippen LogP contribution < -0.4 is 11.3 Å². The molecule has 0 bridgehead atoms. The molecule has 3 N–H and O–H groups in total. The van der Waals surface area contributed by atoms with Crippen molar-refractivity contribution in [3.8, 4) is 0 Å². The average molecular weight is 227 g/mol. The summed E-state index contributed by atoms with van der Waals surface area (Å²) in [6.45, 7) is 0. The number of hydrogen-bond acceptors (Lipinski definition) is 3.